The van der Waals surface area contributed by atoms with Gasteiger partial charge in [-0.05, 0) is 23.8 Å². The molecule has 0 aliphatic rings. The molecule has 0 atom stereocenters. The van der Waals surface area contributed by atoms with E-state index in [-0.39, 0.29) is 11.4 Å². The molecule has 9 heteroatoms. The Morgan fingerprint density at radius 3 is 2.48 bits per heavy atom. The van der Waals surface area contributed by atoms with Crippen molar-refractivity contribution in [2.75, 3.05) is 14.2 Å². The number of pyridine rings is 1. The van der Waals surface area contributed by atoms with Crippen LogP contribution in [0.25, 0.3) is 11.1 Å². The maximum Gasteiger partial charge on any atom is 0.241 e. The van der Waals surface area contributed by atoms with E-state index in [1.807, 2.05) is 19.3 Å². The van der Waals surface area contributed by atoms with Crippen molar-refractivity contribution >= 4 is 10.0 Å². The highest BCUT2D eigenvalue weighted by molar-refractivity contribution is 7.89. The van der Waals surface area contributed by atoms with Crippen molar-refractivity contribution in [2.24, 2.45) is 7.05 Å². The van der Waals surface area contributed by atoms with Crippen LogP contribution in [0.2, 0.25) is 0 Å². The topological polar surface area (TPSA) is 95.3 Å². The summed E-state index contributed by atoms with van der Waals surface area (Å²) in [5, 5.41) is 4.13. The number of aromatic nitrogens is 3. The fraction of sp³-hybridized carbons (Fsp3) is 0.222. The predicted molar refractivity (Wildman–Crippen MR) is 100 cm³/mol. The molecule has 0 fully saturated rings. The predicted octanol–water partition coefficient (Wildman–Crippen LogP) is 1.98. The summed E-state index contributed by atoms with van der Waals surface area (Å²) in [6, 6.07) is 6.32. The molecule has 0 amide bonds. The Hall–Kier alpha value is -2.91. The Kier molecular flexibility index (Phi) is 5.43. The van der Waals surface area contributed by atoms with Crippen LogP contribution in [0.15, 0.2) is 53.9 Å². The highest BCUT2D eigenvalue weighted by Gasteiger charge is 2.17. The number of nitrogens with zero attached hydrogens (tertiary/aromatic N) is 3. The van der Waals surface area contributed by atoms with Gasteiger partial charge in [0.05, 0.1) is 25.3 Å². The van der Waals surface area contributed by atoms with Gasteiger partial charge in [0.2, 0.25) is 10.0 Å². The summed E-state index contributed by atoms with van der Waals surface area (Å²) in [6.45, 7) is 0.109. The van der Waals surface area contributed by atoms with E-state index in [2.05, 4.69) is 14.8 Å². The number of sulfonamides is 1. The van der Waals surface area contributed by atoms with Crippen molar-refractivity contribution in [3.05, 3.63) is 54.6 Å². The molecule has 0 saturated carbocycles. The van der Waals surface area contributed by atoms with Crippen LogP contribution in [0.5, 0.6) is 11.5 Å². The molecule has 0 saturated heterocycles. The number of aryl methyl sites for hydroxylation is 1. The van der Waals surface area contributed by atoms with E-state index < -0.39 is 10.0 Å². The Labute approximate surface area is 157 Å². The average Bonchev–Trinajstić information content (AvgIpc) is 3.12. The zero-order valence-corrected chi connectivity index (χ0v) is 16.0. The van der Waals surface area contributed by atoms with E-state index in [9.17, 15) is 8.42 Å². The van der Waals surface area contributed by atoms with Gasteiger partial charge in [-0.15, -0.1) is 0 Å². The van der Waals surface area contributed by atoms with Crippen LogP contribution in [-0.4, -0.2) is 37.4 Å². The van der Waals surface area contributed by atoms with E-state index in [1.54, 1.807) is 29.3 Å². The van der Waals surface area contributed by atoms with Crippen molar-refractivity contribution < 1.29 is 17.9 Å². The summed E-state index contributed by atoms with van der Waals surface area (Å²) in [4.78, 5) is 4.28. The number of benzene rings is 1. The second-order valence-corrected chi connectivity index (χ2v) is 7.59. The molecule has 27 heavy (non-hydrogen) atoms. The second-order valence-electron chi connectivity index (χ2n) is 5.83. The summed E-state index contributed by atoms with van der Waals surface area (Å²) in [6.07, 6.45) is 6.93. The molecule has 1 aromatic carbocycles. The van der Waals surface area contributed by atoms with Crippen LogP contribution in [-0.2, 0) is 23.6 Å². The lowest BCUT2D eigenvalue weighted by Crippen LogP contribution is -2.23. The van der Waals surface area contributed by atoms with E-state index in [4.69, 9.17) is 9.47 Å². The molecule has 2 aromatic heterocycles. The van der Waals surface area contributed by atoms with Crippen LogP contribution in [0.1, 0.15) is 5.56 Å². The van der Waals surface area contributed by atoms with E-state index >= 15 is 0 Å². The van der Waals surface area contributed by atoms with Crippen LogP contribution < -0.4 is 14.2 Å². The Morgan fingerprint density at radius 2 is 1.81 bits per heavy atom. The lowest BCUT2D eigenvalue weighted by atomic mass is 10.1. The van der Waals surface area contributed by atoms with Gasteiger partial charge in [-0.1, -0.05) is 0 Å². The first kappa shape index (κ1) is 18.9. The number of hydrogen-bond acceptors (Lipinski definition) is 6. The number of rotatable bonds is 7. The zero-order chi connectivity index (χ0) is 19.4. The molecule has 0 aliphatic carbocycles. The van der Waals surface area contributed by atoms with Crippen molar-refractivity contribution in [3.8, 4) is 22.6 Å². The first-order valence-corrected chi connectivity index (χ1v) is 9.56. The summed E-state index contributed by atoms with van der Waals surface area (Å²) in [5.41, 5.74) is 2.51. The summed E-state index contributed by atoms with van der Waals surface area (Å²) in [5.74, 6) is 0.811. The van der Waals surface area contributed by atoms with E-state index in [1.165, 1.54) is 26.4 Å². The number of hydrogen-bond donors (Lipinski definition) is 1. The molecule has 1 N–H and O–H groups in total. The van der Waals surface area contributed by atoms with Crippen LogP contribution in [0.4, 0.5) is 0 Å². The third kappa shape index (κ3) is 4.26. The molecule has 3 aromatic rings. The Balaban J connectivity index is 1.78. The first-order chi connectivity index (χ1) is 12.9. The van der Waals surface area contributed by atoms with Gasteiger partial charge in [0, 0.05) is 49.4 Å². The van der Waals surface area contributed by atoms with Crippen molar-refractivity contribution in [3.63, 3.8) is 0 Å². The third-order valence-electron chi connectivity index (χ3n) is 3.96. The van der Waals surface area contributed by atoms with E-state index in [0.717, 1.165) is 16.7 Å². The third-order valence-corrected chi connectivity index (χ3v) is 5.36. The number of methoxy groups -OCH3 is 2. The van der Waals surface area contributed by atoms with Crippen molar-refractivity contribution in [2.45, 2.75) is 11.4 Å². The van der Waals surface area contributed by atoms with Gasteiger partial charge in [-0.3, -0.25) is 9.67 Å². The van der Waals surface area contributed by atoms with Gasteiger partial charge in [-0.2, -0.15) is 5.10 Å². The molecule has 0 aliphatic heterocycles. The van der Waals surface area contributed by atoms with Gasteiger partial charge in [0.25, 0.3) is 0 Å². The monoisotopic (exact) mass is 388 g/mol. The van der Waals surface area contributed by atoms with Crippen molar-refractivity contribution in [1.29, 1.82) is 0 Å². The van der Waals surface area contributed by atoms with Crippen LogP contribution in [0, 0.1) is 0 Å². The molecule has 0 bridgehead atoms. The van der Waals surface area contributed by atoms with Gasteiger partial charge in [0.15, 0.2) is 11.5 Å². The molecule has 0 radical (unpaired) electrons. The highest BCUT2D eigenvalue weighted by atomic mass is 32.2. The largest absolute Gasteiger partial charge is 0.493 e. The Morgan fingerprint density at radius 1 is 1.04 bits per heavy atom. The highest BCUT2D eigenvalue weighted by Crippen LogP contribution is 2.29. The summed E-state index contributed by atoms with van der Waals surface area (Å²) in [7, 11) is 1.06. The molecule has 142 valence electrons. The molecule has 2 heterocycles. The zero-order valence-electron chi connectivity index (χ0n) is 15.2. The minimum atomic E-state index is -3.72. The first-order valence-electron chi connectivity index (χ1n) is 8.07. The van der Waals surface area contributed by atoms with Gasteiger partial charge < -0.3 is 9.47 Å². The second kappa shape index (κ2) is 7.77. The van der Waals surface area contributed by atoms with Crippen LogP contribution in [0.3, 0.4) is 0 Å². The summed E-state index contributed by atoms with van der Waals surface area (Å²) >= 11 is 0. The lowest BCUT2D eigenvalue weighted by molar-refractivity contribution is 0.354. The maximum absolute atomic E-state index is 12.6. The minimum Gasteiger partial charge on any atom is -0.493 e. The Bertz CT molecular complexity index is 1050. The standard InChI is InChI=1S/C18H20N4O4S/c1-22-12-15(11-20-22)14-6-13(8-19-10-14)9-21-27(23,24)16-4-5-17(25-2)18(7-16)26-3/h4-8,10-12,21H,9H2,1-3H3. The quantitative estimate of drug-likeness (QED) is 0.665. The van der Waals surface area contributed by atoms with Crippen molar-refractivity contribution in [1.82, 2.24) is 19.5 Å². The van der Waals surface area contributed by atoms with E-state index in [0.29, 0.717) is 11.5 Å². The van der Waals surface area contributed by atoms with Crippen LogP contribution >= 0.6 is 0 Å². The SMILES string of the molecule is COc1ccc(S(=O)(=O)NCc2cncc(-c3cnn(C)c3)c2)cc1OC. The maximum atomic E-state index is 12.6. The number of nitrogens with one attached hydrogen (secondary N) is 1. The molecule has 8 nitrogen and oxygen atoms in total. The lowest BCUT2D eigenvalue weighted by Gasteiger charge is -2.11. The molecule has 0 spiro atoms. The molecular formula is C18H20N4O4S. The fourth-order valence-electron chi connectivity index (χ4n) is 2.56. The fourth-order valence-corrected chi connectivity index (χ4v) is 3.59. The molecule has 0 unspecified atom stereocenters. The molecular weight excluding hydrogens is 368 g/mol. The van der Waals surface area contributed by atoms with Gasteiger partial charge in [0.1, 0.15) is 0 Å². The summed E-state index contributed by atoms with van der Waals surface area (Å²) < 4.78 is 39.8. The van der Waals surface area contributed by atoms with Gasteiger partial charge in [-0.25, -0.2) is 13.1 Å². The van der Waals surface area contributed by atoms with Gasteiger partial charge >= 0.3 is 0 Å². The average molecular weight is 388 g/mol. The normalized spacial score (nSPS) is 11.4. The number of ether oxygens (including phenoxy) is 2. The molecule has 3 rings (SSSR count). The minimum absolute atomic E-state index is 0.0940. The smallest absolute Gasteiger partial charge is 0.241 e.